The zero-order valence-corrected chi connectivity index (χ0v) is 18.1. The highest BCUT2D eigenvalue weighted by Gasteiger charge is 2.56. The van der Waals surface area contributed by atoms with Crippen molar-refractivity contribution in [3.05, 3.63) is 35.4 Å². The number of amides is 3. The van der Waals surface area contributed by atoms with Crippen molar-refractivity contribution in [2.45, 2.75) is 58.9 Å². The molecule has 0 bridgehead atoms. The number of hydrogen-bond donors (Lipinski definition) is 1. The van der Waals surface area contributed by atoms with Crippen LogP contribution in [-0.4, -0.2) is 47.3 Å². The molecule has 2 atom stereocenters. The first-order valence-electron chi connectivity index (χ1n) is 10.5. The fourth-order valence-electron chi connectivity index (χ4n) is 4.98. The van der Waals surface area contributed by atoms with Gasteiger partial charge in [-0.1, -0.05) is 52.0 Å². The van der Waals surface area contributed by atoms with Gasteiger partial charge in [-0.3, -0.25) is 19.3 Å². The number of hydrogen-bond acceptors (Lipinski definition) is 5. The molecule has 1 aromatic rings. The number of carbonyl (C=O) groups is 4. The van der Waals surface area contributed by atoms with Gasteiger partial charge in [-0.25, -0.2) is 4.79 Å². The Morgan fingerprint density at radius 3 is 2.43 bits per heavy atom. The van der Waals surface area contributed by atoms with Crippen molar-refractivity contribution in [3.63, 3.8) is 0 Å². The number of Topliss-reactive ketones (excluding diaryl/α,β-unsaturated/α-hetero) is 1. The normalized spacial score (nSPS) is 25.3. The van der Waals surface area contributed by atoms with Crippen LogP contribution in [0.3, 0.4) is 0 Å². The smallest absolute Gasteiger partial charge is 0.326 e. The van der Waals surface area contributed by atoms with Crippen LogP contribution in [-0.2, 0) is 20.7 Å². The lowest BCUT2D eigenvalue weighted by atomic mass is 9.64. The van der Waals surface area contributed by atoms with Gasteiger partial charge in [-0.05, 0) is 42.6 Å². The summed E-state index contributed by atoms with van der Waals surface area (Å²) in [5.74, 6) is -1.22. The first-order chi connectivity index (χ1) is 14.0. The van der Waals surface area contributed by atoms with Crippen molar-refractivity contribution in [1.82, 2.24) is 10.2 Å². The van der Waals surface area contributed by atoms with Crippen LogP contribution in [0.2, 0.25) is 0 Å². The van der Waals surface area contributed by atoms with E-state index in [1.54, 1.807) is 12.1 Å². The summed E-state index contributed by atoms with van der Waals surface area (Å²) < 4.78 is 5.05. The molecule has 1 saturated carbocycles. The second kappa shape index (κ2) is 8.20. The van der Waals surface area contributed by atoms with Crippen LogP contribution >= 0.6 is 0 Å². The molecule has 2 aliphatic rings. The molecule has 1 saturated heterocycles. The van der Waals surface area contributed by atoms with E-state index >= 15 is 0 Å². The third-order valence-electron chi connectivity index (χ3n) is 5.96. The van der Waals surface area contributed by atoms with E-state index in [0.717, 1.165) is 23.3 Å². The summed E-state index contributed by atoms with van der Waals surface area (Å²) in [4.78, 5) is 50.9. The minimum atomic E-state index is -0.963. The second-order valence-corrected chi connectivity index (χ2v) is 9.39. The number of benzene rings is 1. The summed E-state index contributed by atoms with van der Waals surface area (Å²) >= 11 is 0. The zero-order valence-electron chi connectivity index (χ0n) is 18.1. The Labute approximate surface area is 177 Å². The number of nitrogens with one attached hydrogen (secondary N) is 1. The van der Waals surface area contributed by atoms with Crippen molar-refractivity contribution in [1.29, 1.82) is 0 Å². The number of esters is 1. The minimum absolute atomic E-state index is 0.0864. The Hall–Kier alpha value is -2.70. The predicted octanol–water partition coefficient (Wildman–Crippen LogP) is 3.11. The highest BCUT2D eigenvalue weighted by atomic mass is 16.5. The highest BCUT2D eigenvalue weighted by Crippen LogP contribution is 2.46. The van der Waals surface area contributed by atoms with Crippen molar-refractivity contribution >= 4 is 23.7 Å². The van der Waals surface area contributed by atoms with Gasteiger partial charge < -0.3 is 10.1 Å². The molecule has 0 aromatic heterocycles. The number of rotatable bonds is 6. The predicted molar refractivity (Wildman–Crippen MR) is 111 cm³/mol. The lowest BCUT2D eigenvalue weighted by Crippen LogP contribution is -2.54. The summed E-state index contributed by atoms with van der Waals surface area (Å²) in [6, 6.07) is 6.52. The summed E-state index contributed by atoms with van der Waals surface area (Å²) in [5, 5.41) is 2.82. The minimum Gasteiger partial charge on any atom is -0.456 e. The Morgan fingerprint density at radius 1 is 1.17 bits per heavy atom. The molecule has 0 radical (unpaired) electrons. The largest absolute Gasteiger partial charge is 0.456 e. The molecular formula is C23H30N2O5. The quantitative estimate of drug-likeness (QED) is 0.439. The van der Waals surface area contributed by atoms with Gasteiger partial charge >= 0.3 is 12.0 Å². The van der Waals surface area contributed by atoms with Gasteiger partial charge in [0.15, 0.2) is 12.4 Å². The molecule has 1 aliphatic carbocycles. The average Bonchev–Trinajstić information content (AvgIpc) is 2.87. The fourth-order valence-corrected chi connectivity index (χ4v) is 4.98. The number of carbonyl (C=O) groups excluding carboxylic acids is 4. The summed E-state index contributed by atoms with van der Waals surface area (Å²) in [7, 11) is 0. The SMILES string of the molecule is CCc1ccc(C(=O)COC(=O)CN2C(=O)N[C@@]3(C[C@@H](C)CC(C)(C)C3)C2=O)cc1. The third-order valence-corrected chi connectivity index (χ3v) is 5.96. The molecule has 2 fully saturated rings. The van der Waals surface area contributed by atoms with Gasteiger partial charge in [0, 0.05) is 5.56 Å². The maximum absolute atomic E-state index is 13.0. The molecule has 1 spiro atoms. The fraction of sp³-hybridized carbons (Fsp3) is 0.565. The third kappa shape index (κ3) is 4.55. The molecule has 30 heavy (non-hydrogen) atoms. The summed E-state index contributed by atoms with van der Waals surface area (Å²) in [5.41, 5.74) is 0.510. The topological polar surface area (TPSA) is 92.8 Å². The summed E-state index contributed by atoms with van der Waals surface area (Å²) in [6.07, 6.45) is 2.93. The monoisotopic (exact) mass is 414 g/mol. The molecule has 1 heterocycles. The van der Waals surface area contributed by atoms with Gasteiger partial charge in [-0.2, -0.15) is 0 Å². The number of ketones is 1. The van der Waals surface area contributed by atoms with E-state index in [2.05, 4.69) is 26.1 Å². The van der Waals surface area contributed by atoms with Crippen molar-refractivity contribution in [2.24, 2.45) is 11.3 Å². The van der Waals surface area contributed by atoms with Crippen LogP contribution in [0.15, 0.2) is 24.3 Å². The molecule has 1 N–H and O–H groups in total. The second-order valence-electron chi connectivity index (χ2n) is 9.39. The first kappa shape index (κ1) is 22.0. The Morgan fingerprint density at radius 2 is 1.83 bits per heavy atom. The Bertz CT molecular complexity index is 861. The summed E-state index contributed by atoms with van der Waals surface area (Å²) in [6.45, 7) is 7.33. The van der Waals surface area contributed by atoms with Crippen LogP contribution in [0.5, 0.6) is 0 Å². The molecule has 1 aliphatic heterocycles. The molecule has 7 heteroatoms. The first-order valence-corrected chi connectivity index (χ1v) is 10.5. The zero-order chi connectivity index (χ0) is 22.1. The maximum Gasteiger partial charge on any atom is 0.326 e. The standard InChI is InChI=1S/C23H30N2O5/c1-5-16-6-8-17(9-7-16)18(26)13-30-19(27)12-25-20(28)23(24-21(25)29)11-15(2)10-22(3,4)14-23/h6-9,15H,5,10-14H2,1-4H3,(H,24,29)/t15-,23+/m0/s1. The Balaban J connectivity index is 1.59. The average molecular weight is 415 g/mol. The van der Waals surface area contributed by atoms with Crippen LogP contribution in [0.1, 0.15) is 62.9 Å². The lowest BCUT2D eigenvalue weighted by molar-refractivity contribution is -0.147. The van der Waals surface area contributed by atoms with Crippen LogP contribution < -0.4 is 5.32 Å². The molecule has 162 valence electrons. The number of urea groups is 1. The number of aryl methyl sites for hydroxylation is 1. The van der Waals surface area contributed by atoms with E-state index in [4.69, 9.17) is 4.74 Å². The van der Waals surface area contributed by atoms with Crippen LogP contribution in [0.25, 0.3) is 0 Å². The Kier molecular flexibility index (Phi) is 6.01. The number of ether oxygens (including phenoxy) is 1. The van der Waals surface area contributed by atoms with E-state index in [-0.39, 0.29) is 23.0 Å². The molecule has 1 aromatic carbocycles. The van der Waals surface area contributed by atoms with Gasteiger partial charge in [0.2, 0.25) is 0 Å². The maximum atomic E-state index is 13.0. The molecule has 3 rings (SSSR count). The molecule has 3 amide bonds. The van der Waals surface area contributed by atoms with Crippen molar-refractivity contribution in [3.8, 4) is 0 Å². The van der Waals surface area contributed by atoms with Crippen LogP contribution in [0.4, 0.5) is 4.79 Å². The molecular weight excluding hydrogens is 384 g/mol. The lowest BCUT2D eigenvalue weighted by Gasteiger charge is -2.43. The van der Waals surface area contributed by atoms with Gasteiger partial charge in [-0.15, -0.1) is 0 Å². The van der Waals surface area contributed by atoms with E-state index in [1.807, 2.05) is 19.1 Å². The highest BCUT2D eigenvalue weighted by molar-refractivity contribution is 6.09. The van der Waals surface area contributed by atoms with E-state index in [0.29, 0.717) is 18.4 Å². The van der Waals surface area contributed by atoms with Gasteiger partial charge in [0.05, 0.1) is 0 Å². The van der Waals surface area contributed by atoms with E-state index in [9.17, 15) is 19.2 Å². The van der Waals surface area contributed by atoms with Gasteiger partial charge in [0.25, 0.3) is 5.91 Å². The number of imide groups is 1. The van der Waals surface area contributed by atoms with Gasteiger partial charge in [0.1, 0.15) is 12.1 Å². The van der Waals surface area contributed by atoms with E-state index in [1.165, 1.54) is 0 Å². The van der Waals surface area contributed by atoms with Crippen LogP contribution in [0, 0.1) is 11.3 Å². The molecule has 0 unspecified atom stereocenters. The van der Waals surface area contributed by atoms with Crippen molar-refractivity contribution < 1.29 is 23.9 Å². The van der Waals surface area contributed by atoms with E-state index < -0.39 is 30.7 Å². The molecule has 7 nitrogen and oxygen atoms in total. The number of nitrogens with zero attached hydrogens (tertiary/aromatic N) is 1. The van der Waals surface area contributed by atoms with Crippen molar-refractivity contribution in [2.75, 3.05) is 13.2 Å².